The predicted molar refractivity (Wildman–Crippen MR) is 118 cm³/mol. The van der Waals surface area contributed by atoms with Crippen LogP contribution in [0.25, 0.3) is 0 Å². The van der Waals surface area contributed by atoms with E-state index in [4.69, 9.17) is 4.74 Å². The molecule has 0 radical (unpaired) electrons. The van der Waals surface area contributed by atoms with Crippen molar-refractivity contribution >= 4 is 33.7 Å². The summed E-state index contributed by atoms with van der Waals surface area (Å²) < 4.78 is 6.26. The number of piperidine rings is 1. The maximum atomic E-state index is 12.6. The summed E-state index contributed by atoms with van der Waals surface area (Å²) in [4.78, 5) is 41.0. The van der Waals surface area contributed by atoms with E-state index in [9.17, 15) is 14.4 Å². The summed E-state index contributed by atoms with van der Waals surface area (Å²) in [5, 5.41) is 0. The molecule has 1 heterocycles. The SMILES string of the molecule is CC1CCC(N(C)C(=O)COC(=O)C2CCN(C(=O)c3ccc(Br)cc3)CC2)CC1. The number of hydrogen-bond acceptors (Lipinski definition) is 4. The Labute approximate surface area is 187 Å². The Kier molecular flexibility index (Phi) is 7.92. The normalized spacial score (nSPS) is 22.4. The van der Waals surface area contributed by atoms with E-state index in [0.717, 1.165) is 36.1 Å². The maximum absolute atomic E-state index is 12.6. The second kappa shape index (κ2) is 10.4. The molecule has 1 saturated carbocycles. The van der Waals surface area contributed by atoms with Crippen molar-refractivity contribution in [2.24, 2.45) is 11.8 Å². The Bertz CT molecular complexity index is 751. The molecule has 0 atom stereocenters. The van der Waals surface area contributed by atoms with Crippen LogP contribution in [0.4, 0.5) is 0 Å². The first-order chi connectivity index (χ1) is 14.3. The van der Waals surface area contributed by atoms with Crippen molar-refractivity contribution in [3.05, 3.63) is 34.3 Å². The third-order valence-electron chi connectivity index (χ3n) is 6.47. The van der Waals surface area contributed by atoms with E-state index in [1.54, 1.807) is 21.9 Å². The van der Waals surface area contributed by atoms with Gasteiger partial charge in [-0.3, -0.25) is 14.4 Å². The molecule has 0 bridgehead atoms. The molecular weight excluding hydrogens is 448 g/mol. The van der Waals surface area contributed by atoms with Crippen LogP contribution in [0.1, 0.15) is 55.8 Å². The molecule has 2 aliphatic rings. The number of likely N-dealkylation sites (tertiary alicyclic amines) is 1. The molecule has 2 amide bonds. The van der Waals surface area contributed by atoms with Gasteiger partial charge in [0, 0.05) is 36.2 Å². The van der Waals surface area contributed by atoms with Crippen molar-refractivity contribution in [2.45, 2.75) is 51.5 Å². The summed E-state index contributed by atoms with van der Waals surface area (Å²) in [6.45, 7) is 3.09. The lowest BCUT2D eigenvalue weighted by atomic mass is 9.87. The first kappa shape index (κ1) is 22.8. The van der Waals surface area contributed by atoms with Gasteiger partial charge in [-0.15, -0.1) is 0 Å². The third kappa shape index (κ3) is 5.84. The number of likely N-dealkylation sites (N-methyl/N-ethyl adjacent to an activating group) is 1. The molecule has 6 nitrogen and oxygen atoms in total. The zero-order valence-electron chi connectivity index (χ0n) is 17.8. The van der Waals surface area contributed by atoms with Crippen LogP contribution >= 0.6 is 15.9 Å². The molecule has 7 heteroatoms. The summed E-state index contributed by atoms with van der Waals surface area (Å²) in [5.74, 6) is -0.0138. The number of carbonyl (C=O) groups is 3. The van der Waals surface area contributed by atoms with Crippen LogP contribution in [0.5, 0.6) is 0 Å². The van der Waals surface area contributed by atoms with Crippen LogP contribution in [-0.4, -0.2) is 60.4 Å². The average molecular weight is 479 g/mol. The number of halogens is 1. The Balaban J connectivity index is 1.41. The highest BCUT2D eigenvalue weighted by Gasteiger charge is 2.30. The van der Waals surface area contributed by atoms with E-state index in [-0.39, 0.29) is 36.4 Å². The molecule has 0 aromatic heterocycles. The molecule has 1 aromatic rings. The van der Waals surface area contributed by atoms with Gasteiger partial charge >= 0.3 is 5.97 Å². The summed E-state index contributed by atoms with van der Waals surface area (Å²) in [7, 11) is 1.81. The van der Waals surface area contributed by atoms with Crippen LogP contribution < -0.4 is 0 Å². The number of carbonyl (C=O) groups excluding carboxylic acids is 3. The van der Waals surface area contributed by atoms with Gasteiger partial charge in [0.05, 0.1) is 5.92 Å². The van der Waals surface area contributed by atoms with Crippen LogP contribution in [0.2, 0.25) is 0 Å². The number of hydrogen-bond donors (Lipinski definition) is 0. The number of esters is 1. The van der Waals surface area contributed by atoms with Gasteiger partial charge in [0.2, 0.25) is 0 Å². The molecule has 2 fully saturated rings. The van der Waals surface area contributed by atoms with Crippen molar-refractivity contribution in [1.82, 2.24) is 9.80 Å². The number of rotatable bonds is 5. The summed E-state index contributed by atoms with van der Waals surface area (Å²) in [6, 6.07) is 7.53. The van der Waals surface area contributed by atoms with Gasteiger partial charge in [0.25, 0.3) is 11.8 Å². The highest BCUT2D eigenvalue weighted by atomic mass is 79.9. The van der Waals surface area contributed by atoms with E-state index >= 15 is 0 Å². The molecule has 0 N–H and O–H groups in total. The monoisotopic (exact) mass is 478 g/mol. The summed E-state index contributed by atoms with van der Waals surface area (Å²) in [5.41, 5.74) is 0.643. The van der Waals surface area contributed by atoms with Crippen LogP contribution in [0.3, 0.4) is 0 Å². The average Bonchev–Trinajstić information content (AvgIpc) is 2.77. The fourth-order valence-electron chi connectivity index (χ4n) is 4.28. The third-order valence-corrected chi connectivity index (χ3v) is 7.00. The predicted octanol–water partition coefficient (Wildman–Crippen LogP) is 3.88. The topological polar surface area (TPSA) is 66.9 Å². The molecule has 1 saturated heterocycles. The van der Waals surface area contributed by atoms with Gasteiger partial charge < -0.3 is 14.5 Å². The van der Waals surface area contributed by atoms with Crippen molar-refractivity contribution in [1.29, 1.82) is 0 Å². The highest BCUT2D eigenvalue weighted by molar-refractivity contribution is 9.10. The molecule has 1 aliphatic heterocycles. The fourth-order valence-corrected chi connectivity index (χ4v) is 4.54. The lowest BCUT2D eigenvalue weighted by molar-refractivity contribution is -0.157. The van der Waals surface area contributed by atoms with E-state index in [0.29, 0.717) is 31.5 Å². The first-order valence-electron chi connectivity index (χ1n) is 10.8. The minimum Gasteiger partial charge on any atom is -0.455 e. The van der Waals surface area contributed by atoms with Crippen molar-refractivity contribution in [3.8, 4) is 0 Å². The van der Waals surface area contributed by atoms with E-state index < -0.39 is 0 Å². The zero-order valence-corrected chi connectivity index (χ0v) is 19.4. The van der Waals surface area contributed by atoms with Crippen LogP contribution in [0, 0.1) is 11.8 Å². The van der Waals surface area contributed by atoms with Gasteiger partial charge in [-0.25, -0.2) is 0 Å². The minimum absolute atomic E-state index is 0.0204. The zero-order chi connectivity index (χ0) is 21.7. The smallest absolute Gasteiger partial charge is 0.309 e. The molecule has 1 aromatic carbocycles. The quantitative estimate of drug-likeness (QED) is 0.602. The van der Waals surface area contributed by atoms with E-state index in [1.807, 2.05) is 19.2 Å². The number of amides is 2. The van der Waals surface area contributed by atoms with E-state index in [1.165, 1.54) is 0 Å². The lowest BCUT2D eigenvalue weighted by Crippen LogP contribution is -2.43. The molecule has 0 spiro atoms. The van der Waals surface area contributed by atoms with Crippen LogP contribution in [-0.2, 0) is 14.3 Å². The molecule has 0 unspecified atom stereocenters. The van der Waals surface area contributed by atoms with Crippen molar-refractivity contribution in [2.75, 3.05) is 26.7 Å². The molecular formula is C23H31BrN2O4. The molecule has 164 valence electrons. The van der Waals surface area contributed by atoms with Gasteiger partial charge in [-0.05, 0) is 68.7 Å². The summed E-state index contributed by atoms with van der Waals surface area (Å²) in [6.07, 6.45) is 5.43. The fraction of sp³-hybridized carbons (Fsp3) is 0.609. The lowest BCUT2D eigenvalue weighted by Gasteiger charge is -2.34. The van der Waals surface area contributed by atoms with Gasteiger partial charge in [0.1, 0.15) is 0 Å². The Morgan fingerprint density at radius 3 is 2.23 bits per heavy atom. The molecule has 30 heavy (non-hydrogen) atoms. The standard InChI is InChI=1S/C23H31BrN2O4/c1-16-3-9-20(10-4-16)25(2)21(27)15-30-23(29)18-11-13-26(14-12-18)22(28)17-5-7-19(24)8-6-17/h5-8,16,18,20H,3-4,9-15H2,1-2H3. The Morgan fingerprint density at radius 1 is 1.03 bits per heavy atom. The summed E-state index contributed by atoms with van der Waals surface area (Å²) >= 11 is 3.37. The second-order valence-electron chi connectivity index (χ2n) is 8.60. The largest absolute Gasteiger partial charge is 0.455 e. The number of nitrogens with zero attached hydrogens (tertiary/aromatic N) is 2. The minimum atomic E-state index is -0.329. The molecule has 3 rings (SSSR count). The van der Waals surface area contributed by atoms with Crippen molar-refractivity contribution < 1.29 is 19.1 Å². The van der Waals surface area contributed by atoms with Gasteiger partial charge in [-0.2, -0.15) is 0 Å². The number of ether oxygens (including phenoxy) is 1. The van der Waals surface area contributed by atoms with E-state index in [2.05, 4.69) is 22.9 Å². The van der Waals surface area contributed by atoms with Crippen molar-refractivity contribution in [3.63, 3.8) is 0 Å². The van der Waals surface area contributed by atoms with Gasteiger partial charge in [-0.1, -0.05) is 22.9 Å². The first-order valence-corrected chi connectivity index (χ1v) is 11.6. The second-order valence-corrected chi connectivity index (χ2v) is 9.52. The van der Waals surface area contributed by atoms with Crippen LogP contribution in [0.15, 0.2) is 28.7 Å². The van der Waals surface area contributed by atoms with Gasteiger partial charge in [0.15, 0.2) is 6.61 Å². The molecule has 1 aliphatic carbocycles. The number of benzene rings is 1. The highest BCUT2D eigenvalue weighted by Crippen LogP contribution is 2.26. The Morgan fingerprint density at radius 2 is 1.63 bits per heavy atom. The Hall–Kier alpha value is -1.89. The maximum Gasteiger partial charge on any atom is 0.309 e.